The topological polar surface area (TPSA) is 54.5 Å². The fraction of sp³-hybridized carbons (Fsp3) is 0.333. The minimum Gasteiger partial charge on any atom is -0.493 e. The summed E-state index contributed by atoms with van der Waals surface area (Å²) in [6.45, 7) is 3.79. The summed E-state index contributed by atoms with van der Waals surface area (Å²) in [5.41, 5.74) is 5.79. The van der Waals surface area contributed by atoms with E-state index in [1.54, 1.807) is 0 Å². The largest absolute Gasteiger partial charge is 0.493 e. The number of nitrogens with one attached hydrogen (secondary N) is 1. The maximum Gasteiger partial charge on any atom is 0.224 e. The third-order valence-corrected chi connectivity index (χ3v) is 6.32. The molecule has 1 N–H and O–H groups in total. The number of aromatic nitrogens is 1. The number of rotatable bonds is 7. The molecule has 0 radical (unpaired) electrons. The summed E-state index contributed by atoms with van der Waals surface area (Å²) >= 11 is 0. The number of ether oxygens (including phenoxy) is 1. The molecule has 0 spiro atoms. The van der Waals surface area contributed by atoms with Crippen molar-refractivity contribution >= 4 is 22.5 Å². The fourth-order valence-electron chi connectivity index (χ4n) is 4.48. The van der Waals surface area contributed by atoms with E-state index in [0.717, 1.165) is 68.0 Å². The first kappa shape index (κ1) is 20.7. The van der Waals surface area contributed by atoms with E-state index in [-0.39, 0.29) is 5.91 Å². The Balaban J connectivity index is 1.07. The van der Waals surface area contributed by atoms with Gasteiger partial charge in [0.05, 0.1) is 12.1 Å². The van der Waals surface area contributed by atoms with Gasteiger partial charge in [0, 0.05) is 55.3 Å². The third kappa shape index (κ3) is 5.00. The Labute approximate surface area is 189 Å². The monoisotopic (exact) mass is 427 g/mol. The summed E-state index contributed by atoms with van der Waals surface area (Å²) in [6.07, 6.45) is 6.77. The number of carbonyl (C=O) groups is 1. The first-order chi connectivity index (χ1) is 15.7. The number of fused-ring (bicyclic) bond motifs is 2. The number of anilines is 1. The predicted molar refractivity (Wildman–Crippen MR) is 128 cm³/mol. The van der Waals surface area contributed by atoms with Crippen molar-refractivity contribution < 1.29 is 9.53 Å². The van der Waals surface area contributed by atoms with Gasteiger partial charge in [-0.05, 0) is 43.0 Å². The van der Waals surface area contributed by atoms with Crippen LogP contribution in [0, 0.1) is 0 Å². The number of pyridine rings is 1. The standard InChI is InChI=1S/C27H29N3O2/c31-27-11-8-22-7-10-24(19-26(22)29-27)32-17-3-14-30-15-12-20(13-16-30)18-23-9-6-21-4-1-2-5-25(21)28-23/h1-2,4-7,9-10,12,19H,3,8,11,13-18H2,(H,29,31). The predicted octanol–water partition coefficient (Wildman–Crippen LogP) is 4.76. The summed E-state index contributed by atoms with van der Waals surface area (Å²) in [5.74, 6) is 0.915. The highest BCUT2D eigenvalue weighted by atomic mass is 16.5. The maximum atomic E-state index is 11.6. The molecule has 0 bridgehead atoms. The molecule has 2 aromatic carbocycles. The van der Waals surface area contributed by atoms with Gasteiger partial charge in [-0.15, -0.1) is 0 Å². The van der Waals surface area contributed by atoms with E-state index in [1.165, 1.54) is 16.5 Å². The van der Waals surface area contributed by atoms with Crippen LogP contribution in [0.4, 0.5) is 5.69 Å². The second-order valence-corrected chi connectivity index (χ2v) is 8.65. The molecule has 5 rings (SSSR count). The quantitative estimate of drug-likeness (QED) is 0.436. The van der Waals surface area contributed by atoms with Crippen LogP contribution in [-0.2, 0) is 17.6 Å². The van der Waals surface area contributed by atoms with E-state index in [9.17, 15) is 4.79 Å². The number of para-hydroxylation sites is 1. The van der Waals surface area contributed by atoms with E-state index in [1.807, 2.05) is 18.2 Å². The Kier molecular flexibility index (Phi) is 6.17. The Morgan fingerprint density at radius 1 is 1.03 bits per heavy atom. The lowest BCUT2D eigenvalue weighted by Crippen LogP contribution is -2.30. The Bertz CT molecular complexity index is 1150. The summed E-state index contributed by atoms with van der Waals surface area (Å²) in [5, 5.41) is 4.13. The van der Waals surface area contributed by atoms with E-state index >= 15 is 0 Å². The van der Waals surface area contributed by atoms with Gasteiger partial charge < -0.3 is 10.1 Å². The third-order valence-electron chi connectivity index (χ3n) is 6.32. The van der Waals surface area contributed by atoms with Crippen molar-refractivity contribution in [2.75, 3.05) is 31.6 Å². The average Bonchev–Trinajstić information content (AvgIpc) is 2.82. The van der Waals surface area contributed by atoms with Crippen molar-refractivity contribution in [3.05, 3.63) is 77.5 Å². The van der Waals surface area contributed by atoms with Gasteiger partial charge in [0.15, 0.2) is 0 Å². The van der Waals surface area contributed by atoms with Crippen molar-refractivity contribution in [2.24, 2.45) is 0 Å². The molecule has 5 heteroatoms. The lowest BCUT2D eigenvalue weighted by molar-refractivity contribution is -0.116. The molecule has 2 aliphatic rings. The number of hydrogen-bond donors (Lipinski definition) is 1. The van der Waals surface area contributed by atoms with Crippen LogP contribution in [0.25, 0.3) is 10.9 Å². The lowest BCUT2D eigenvalue weighted by Gasteiger charge is -2.26. The molecule has 3 aromatic rings. The second-order valence-electron chi connectivity index (χ2n) is 8.65. The SMILES string of the molecule is O=C1CCc2ccc(OCCCN3CC=C(Cc4ccc5ccccc5n4)CC3)cc2N1. The smallest absolute Gasteiger partial charge is 0.224 e. The van der Waals surface area contributed by atoms with Crippen LogP contribution >= 0.6 is 0 Å². The number of hydrogen-bond acceptors (Lipinski definition) is 4. The molecule has 3 heterocycles. The second kappa shape index (κ2) is 9.53. The Morgan fingerprint density at radius 2 is 1.97 bits per heavy atom. The minimum atomic E-state index is 0.0866. The zero-order valence-corrected chi connectivity index (χ0v) is 18.3. The van der Waals surface area contributed by atoms with Crippen LogP contribution in [0.15, 0.2) is 66.2 Å². The molecule has 0 saturated carbocycles. The van der Waals surface area contributed by atoms with E-state index in [2.05, 4.69) is 52.7 Å². The molecular weight excluding hydrogens is 398 g/mol. The van der Waals surface area contributed by atoms with Crippen molar-refractivity contribution in [1.82, 2.24) is 9.88 Å². The molecule has 164 valence electrons. The molecule has 1 amide bonds. The van der Waals surface area contributed by atoms with Crippen LogP contribution in [-0.4, -0.2) is 42.0 Å². The average molecular weight is 428 g/mol. The van der Waals surface area contributed by atoms with Crippen LogP contribution in [0.3, 0.4) is 0 Å². The van der Waals surface area contributed by atoms with Crippen molar-refractivity contribution in [3.63, 3.8) is 0 Å². The van der Waals surface area contributed by atoms with Gasteiger partial charge in [-0.1, -0.05) is 42.0 Å². The van der Waals surface area contributed by atoms with Gasteiger partial charge in [0.2, 0.25) is 5.91 Å². The number of benzene rings is 2. The van der Waals surface area contributed by atoms with Crippen molar-refractivity contribution in [3.8, 4) is 5.75 Å². The highest BCUT2D eigenvalue weighted by Crippen LogP contribution is 2.27. The first-order valence-corrected chi connectivity index (χ1v) is 11.5. The number of amides is 1. The molecule has 2 aliphatic heterocycles. The molecule has 0 atom stereocenters. The molecule has 32 heavy (non-hydrogen) atoms. The highest BCUT2D eigenvalue weighted by Gasteiger charge is 2.15. The van der Waals surface area contributed by atoms with Gasteiger partial charge in [-0.2, -0.15) is 0 Å². The van der Waals surface area contributed by atoms with Crippen molar-refractivity contribution in [1.29, 1.82) is 0 Å². The summed E-state index contributed by atoms with van der Waals surface area (Å²) in [6, 6.07) is 18.6. The zero-order chi connectivity index (χ0) is 21.8. The normalized spacial score (nSPS) is 16.4. The lowest BCUT2D eigenvalue weighted by atomic mass is 10.0. The van der Waals surface area contributed by atoms with Crippen molar-refractivity contribution in [2.45, 2.75) is 32.1 Å². The molecule has 5 nitrogen and oxygen atoms in total. The molecular formula is C27H29N3O2. The van der Waals surface area contributed by atoms with Gasteiger partial charge in [0.25, 0.3) is 0 Å². The van der Waals surface area contributed by atoms with Crippen LogP contribution < -0.4 is 10.1 Å². The van der Waals surface area contributed by atoms with Gasteiger partial charge in [-0.3, -0.25) is 14.7 Å². The Morgan fingerprint density at radius 3 is 2.88 bits per heavy atom. The van der Waals surface area contributed by atoms with E-state index < -0.39 is 0 Å². The van der Waals surface area contributed by atoms with Crippen LogP contribution in [0.2, 0.25) is 0 Å². The molecule has 0 saturated heterocycles. The van der Waals surface area contributed by atoms with Gasteiger partial charge >= 0.3 is 0 Å². The van der Waals surface area contributed by atoms with E-state index in [4.69, 9.17) is 9.72 Å². The van der Waals surface area contributed by atoms with Gasteiger partial charge in [0.1, 0.15) is 5.75 Å². The highest BCUT2D eigenvalue weighted by molar-refractivity contribution is 5.94. The van der Waals surface area contributed by atoms with E-state index in [0.29, 0.717) is 13.0 Å². The number of nitrogens with zero attached hydrogens (tertiary/aromatic N) is 2. The Hall–Kier alpha value is -3.18. The summed E-state index contributed by atoms with van der Waals surface area (Å²) in [4.78, 5) is 18.9. The molecule has 0 fully saturated rings. The van der Waals surface area contributed by atoms with Crippen LogP contribution in [0.1, 0.15) is 30.5 Å². The van der Waals surface area contributed by atoms with Crippen LogP contribution in [0.5, 0.6) is 5.75 Å². The molecule has 0 aliphatic carbocycles. The van der Waals surface area contributed by atoms with Gasteiger partial charge in [-0.25, -0.2) is 0 Å². The minimum absolute atomic E-state index is 0.0866. The molecule has 0 unspecified atom stereocenters. The zero-order valence-electron chi connectivity index (χ0n) is 18.3. The first-order valence-electron chi connectivity index (χ1n) is 11.5. The summed E-state index contributed by atoms with van der Waals surface area (Å²) in [7, 11) is 0. The fourth-order valence-corrected chi connectivity index (χ4v) is 4.48. The summed E-state index contributed by atoms with van der Waals surface area (Å²) < 4.78 is 5.93. The number of aryl methyl sites for hydroxylation is 1. The maximum absolute atomic E-state index is 11.6. The molecule has 1 aromatic heterocycles. The number of carbonyl (C=O) groups excluding carboxylic acids is 1.